The number of aromatic amines is 1. The second-order valence-electron chi connectivity index (χ2n) is 8.33. The van der Waals surface area contributed by atoms with Crippen molar-refractivity contribution in [1.82, 2.24) is 20.2 Å². The number of H-pyrrole nitrogens is 1. The van der Waals surface area contributed by atoms with Crippen LogP contribution >= 0.6 is 0 Å². The first-order valence-electron chi connectivity index (χ1n) is 10.1. The summed E-state index contributed by atoms with van der Waals surface area (Å²) in [6.45, 7) is 5.68. The van der Waals surface area contributed by atoms with Crippen molar-refractivity contribution in [2.24, 2.45) is 11.1 Å². The molecule has 2 aliphatic rings. The summed E-state index contributed by atoms with van der Waals surface area (Å²) in [5.74, 6) is 1.67. The molecule has 1 fully saturated rings. The molecule has 0 amide bonds. The number of benzene rings is 1. The summed E-state index contributed by atoms with van der Waals surface area (Å²) in [5.41, 5.74) is 10.6. The van der Waals surface area contributed by atoms with Crippen LogP contribution in [0.3, 0.4) is 0 Å². The van der Waals surface area contributed by atoms with E-state index in [0.29, 0.717) is 11.2 Å². The van der Waals surface area contributed by atoms with Crippen molar-refractivity contribution < 1.29 is 0 Å². The Hall–Kier alpha value is -3.18. The summed E-state index contributed by atoms with van der Waals surface area (Å²) in [5, 5.41) is 16.7. The molecule has 0 radical (unpaired) electrons. The number of aromatic nitrogens is 4. The van der Waals surface area contributed by atoms with E-state index < -0.39 is 0 Å². The van der Waals surface area contributed by atoms with E-state index in [1.165, 1.54) is 5.56 Å². The Morgan fingerprint density at radius 2 is 2.10 bits per heavy atom. The molecule has 1 aromatic carbocycles. The zero-order valence-corrected chi connectivity index (χ0v) is 16.5. The normalized spacial score (nSPS) is 18.1. The standard InChI is InChI=1S/C21H24N8/c1-21(13-23)5-8-28(9-6-21)17-12-24-18-19(25-17)26-27-20(18)29-7-4-15-10-14(11-22)2-3-16(15)29/h2-3,10,12H,4-9,13,23H2,1H3,(H,25,26,27). The van der Waals surface area contributed by atoms with Gasteiger partial charge in [0.25, 0.3) is 0 Å². The average Bonchev–Trinajstić information content (AvgIpc) is 3.36. The van der Waals surface area contributed by atoms with Gasteiger partial charge in [0.05, 0.1) is 17.8 Å². The maximum absolute atomic E-state index is 9.13. The maximum atomic E-state index is 9.13. The van der Waals surface area contributed by atoms with Crippen LogP contribution < -0.4 is 15.5 Å². The number of nitriles is 1. The number of rotatable bonds is 3. The van der Waals surface area contributed by atoms with Gasteiger partial charge in [0.15, 0.2) is 17.0 Å². The minimum atomic E-state index is 0.226. The van der Waals surface area contributed by atoms with Gasteiger partial charge in [-0.25, -0.2) is 9.97 Å². The predicted molar refractivity (Wildman–Crippen MR) is 112 cm³/mol. The molecule has 3 aromatic rings. The quantitative estimate of drug-likeness (QED) is 0.709. The fourth-order valence-electron chi connectivity index (χ4n) is 4.29. The van der Waals surface area contributed by atoms with Crippen molar-refractivity contribution in [3.63, 3.8) is 0 Å². The second-order valence-corrected chi connectivity index (χ2v) is 8.33. The average molecular weight is 388 g/mol. The summed E-state index contributed by atoms with van der Waals surface area (Å²) in [7, 11) is 0. The van der Waals surface area contributed by atoms with Crippen molar-refractivity contribution in [2.75, 3.05) is 36.0 Å². The lowest BCUT2D eigenvalue weighted by Gasteiger charge is -2.39. The molecule has 29 heavy (non-hydrogen) atoms. The lowest BCUT2D eigenvalue weighted by molar-refractivity contribution is 0.258. The van der Waals surface area contributed by atoms with E-state index >= 15 is 0 Å². The fraction of sp³-hybridized carbons (Fsp3) is 0.429. The van der Waals surface area contributed by atoms with Gasteiger partial charge in [-0.3, -0.25) is 5.10 Å². The second kappa shape index (κ2) is 6.71. The number of hydrogen-bond donors (Lipinski definition) is 2. The van der Waals surface area contributed by atoms with Crippen LogP contribution in [0.25, 0.3) is 11.2 Å². The molecular formula is C21H24N8. The van der Waals surface area contributed by atoms with Gasteiger partial charge in [-0.2, -0.15) is 10.4 Å². The Kier molecular flexibility index (Phi) is 4.14. The first kappa shape index (κ1) is 17.9. The molecular weight excluding hydrogens is 364 g/mol. The van der Waals surface area contributed by atoms with Gasteiger partial charge in [-0.1, -0.05) is 6.92 Å². The van der Waals surface area contributed by atoms with Crippen molar-refractivity contribution in [1.29, 1.82) is 5.26 Å². The predicted octanol–water partition coefficient (Wildman–Crippen LogP) is 2.48. The summed E-state index contributed by atoms with van der Waals surface area (Å²) in [4.78, 5) is 13.9. The van der Waals surface area contributed by atoms with E-state index in [1.807, 2.05) is 24.4 Å². The molecule has 3 N–H and O–H groups in total. The highest BCUT2D eigenvalue weighted by Gasteiger charge is 2.30. The minimum Gasteiger partial charge on any atom is -0.355 e. The Balaban J connectivity index is 1.42. The number of nitrogens with two attached hydrogens (primary N) is 1. The number of fused-ring (bicyclic) bond motifs is 2. The number of anilines is 3. The molecule has 1 saturated heterocycles. The molecule has 5 rings (SSSR count). The van der Waals surface area contributed by atoms with Gasteiger partial charge >= 0.3 is 0 Å². The number of nitrogens with zero attached hydrogens (tertiary/aromatic N) is 6. The van der Waals surface area contributed by atoms with Gasteiger partial charge < -0.3 is 15.5 Å². The third-order valence-corrected chi connectivity index (χ3v) is 6.39. The lowest BCUT2D eigenvalue weighted by atomic mass is 9.80. The van der Waals surface area contributed by atoms with E-state index in [9.17, 15) is 0 Å². The van der Waals surface area contributed by atoms with Crippen LogP contribution in [0.5, 0.6) is 0 Å². The van der Waals surface area contributed by atoms with Crippen molar-refractivity contribution in [3.8, 4) is 6.07 Å². The summed E-state index contributed by atoms with van der Waals surface area (Å²) in [6.07, 6.45) is 4.86. The lowest BCUT2D eigenvalue weighted by Crippen LogP contribution is -2.42. The van der Waals surface area contributed by atoms with Gasteiger partial charge in [0.1, 0.15) is 5.82 Å². The summed E-state index contributed by atoms with van der Waals surface area (Å²) >= 11 is 0. The third-order valence-electron chi connectivity index (χ3n) is 6.39. The monoisotopic (exact) mass is 388 g/mol. The molecule has 0 bridgehead atoms. The third kappa shape index (κ3) is 2.98. The van der Waals surface area contributed by atoms with Crippen molar-refractivity contribution in [2.45, 2.75) is 26.2 Å². The number of nitrogens with one attached hydrogen (secondary N) is 1. The smallest absolute Gasteiger partial charge is 0.183 e. The zero-order chi connectivity index (χ0) is 20.0. The van der Waals surface area contributed by atoms with Crippen LogP contribution in [0, 0.1) is 16.7 Å². The van der Waals surface area contributed by atoms with Gasteiger partial charge in [-0.05, 0) is 55.0 Å². The first-order chi connectivity index (χ1) is 14.1. The Labute approximate surface area is 169 Å². The molecule has 148 valence electrons. The summed E-state index contributed by atoms with van der Waals surface area (Å²) in [6, 6.07) is 8.01. The maximum Gasteiger partial charge on any atom is 0.183 e. The highest BCUT2D eigenvalue weighted by Crippen LogP contribution is 2.37. The van der Waals surface area contributed by atoms with E-state index in [0.717, 1.165) is 68.3 Å². The van der Waals surface area contributed by atoms with Gasteiger partial charge in [0.2, 0.25) is 0 Å². The SMILES string of the molecule is CC1(CN)CCN(c2cnc3c(N4CCc5cc(C#N)ccc54)n[nH]c3n2)CC1. The van der Waals surface area contributed by atoms with Crippen LogP contribution in [0.2, 0.25) is 0 Å². The molecule has 0 atom stereocenters. The van der Waals surface area contributed by atoms with E-state index in [-0.39, 0.29) is 5.41 Å². The fourth-order valence-corrected chi connectivity index (χ4v) is 4.29. The van der Waals surface area contributed by atoms with Crippen LogP contribution in [0.1, 0.15) is 30.9 Å². The largest absolute Gasteiger partial charge is 0.355 e. The van der Waals surface area contributed by atoms with Gasteiger partial charge in [0, 0.05) is 25.3 Å². The van der Waals surface area contributed by atoms with Crippen LogP contribution in [0.15, 0.2) is 24.4 Å². The molecule has 2 aliphatic heterocycles. The molecule has 0 aliphatic carbocycles. The molecule has 0 saturated carbocycles. The molecule has 8 heteroatoms. The topological polar surface area (TPSA) is 111 Å². The Morgan fingerprint density at radius 1 is 1.28 bits per heavy atom. The van der Waals surface area contributed by atoms with E-state index in [1.54, 1.807) is 0 Å². The Morgan fingerprint density at radius 3 is 2.86 bits per heavy atom. The Bertz CT molecular complexity index is 1100. The minimum absolute atomic E-state index is 0.226. The molecule has 8 nitrogen and oxygen atoms in total. The number of hydrogen-bond acceptors (Lipinski definition) is 7. The zero-order valence-electron chi connectivity index (χ0n) is 16.5. The van der Waals surface area contributed by atoms with Crippen LogP contribution in [0.4, 0.5) is 17.3 Å². The molecule has 0 spiro atoms. The summed E-state index contributed by atoms with van der Waals surface area (Å²) < 4.78 is 0. The molecule has 4 heterocycles. The van der Waals surface area contributed by atoms with Gasteiger partial charge in [-0.15, -0.1) is 0 Å². The molecule has 2 aromatic heterocycles. The highest BCUT2D eigenvalue weighted by atomic mass is 15.3. The highest BCUT2D eigenvalue weighted by molar-refractivity contribution is 5.88. The van der Waals surface area contributed by atoms with Crippen LogP contribution in [-0.4, -0.2) is 46.3 Å². The van der Waals surface area contributed by atoms with Crippen molar-refractivity contribution >= 4 is 28.5 Å². The number of piperidine rings is 1. The van der Waals surface area contributed by atoms with Crippen molar-refractivity contribution in [3.05, 3.63) is 35.5 Å². The molecule has 0 unspecified atom stereocenters. The van der Waals surface area contributed by atoms with Crippen LogP contribution in [-0.2, 0) is 6.42 Å². The van der Waals surface area contributed by atoms with E-state index in [2.05, 4.69) is 33.0 Å². The first-order valence-corrected chi connectivity index (χ1v) is 10.1. The van der Waals surface area contributed by atoms with E-state index in [4.69, 9.17) is 21.0 Å².